The Morgan fingerprint density at radius 3 is 2.92 bits per heavy atom. The summed E-state index contributed by atoms with van der Waals surface area (Å²) in [6, 6.07) is 0. The van der Waals surface area contributed by atoms with E-state index < -0.39 is 0 Å². The Hall–Kier alpha value is -0.300. The quantitative estimate of drug-likeness (QED) is 0.610. The van der Waals surface area contributed by atoms with Gasteiger partial charge in [0.25, 0.3) is 0 Å². The predicted molar refractivity (Wildman–Crippen MR) is 56.8 cm³/mol. The molecule has 1 saturated heterocycles. The highest BCUT2D eigenvalue weighted by molar-refractivity contribution is 5.22. The maximum absolute atomic E-state index is 3.46. The maximum atomic E-state index is 3.46. The minimum atomic E-state index is 0.934. The normalized spacial score (nSPS) is 35.3. The third-order valence-electron chi connectivity index (χ3n) is 3.63. The summed E-state index contributed by atoms with van der Waals surface area (Å²) in [5.74, 6) is 0.934. The Morgan fingerprint density at radius 1 is 1.31 bits per heavy atom. The van der Waals surface area contributed by atoms with Crippen molar-refractivity contribution in [3.8, 4) is 0 Å². The molecule has 1 aliphatic carbocycles. The van der Waals surface area contributed by atoms with Gasteiger partial charge in [-0.1, -0.05) is 24.5 Å². The van der Waals surface area contributed by atoms with Crippen molar-refractivity contribution in [2.45, 2.75) is 45.4 Å². The van der Waals surface area contributed by atoms with Gasteiger partial charge in [-0.05, 0) is 44.6 Å². The molecular weight excluding hydrogens is 158 g/mol. The Labute approximate surface area is 81.6 Å². The van der Waals surface area contributed by atoms with E-state index in [2.05, 4.69) is 12.2 Å². The first-order chi connectivity index (χ1) is 6.42. The van der Waals surface area contributed by atoms with Gasteiger partial charge in [0, 0.05) is 6.54 Å². The van der Waals surface area contributed by atoms with Crippen molar-refractivity contribution in [3.63, 3.8) is 0 Å². The van der Waals surface area contributed by atoms with E-state index in [4.69, 9.17) is 0 Å². The zero-order valence-electron chi connectivity index (χ0n) is 8.73. The number of nitrogens with one attached hydrogen (secondary N) is 1. The fraction of sp³-hybridized carbons (Fsp3) is 0.833. The van der Waals surface area contributed by atoms with Crippen molar-refractivity contribution in [2.75, 3.05) is 13.1 Å². The van der Waals surface area contributed by atoms with E-state index in [1.165, 1.54) is 51.6 Å². The van der Waals surface area contributed by atoms with Crippen LogP contribution in [-0.2, 0) is 0 Å². The number of hydrogen-bond acceptors (Lipinski definition) is 1. The predicted octanol–water partition coefficient (Wildman–Crippen LogP) is 2.88. The van der Waals surface area contributed by atoms with Crippen LogP contribution in [0.1, 0.15) is 45.4 Å². The molecule has 1 unspecified atom stereocenters. The molecule has 2 aliphatic rings. The molecule has 0 radical (unpaired) electrons. The van der Waals surface area contributed by atoms with E-state index in [1.54, 1.807) is 5.57 Å². The first-order valence-electron chi connectivity index (χ1n) is 5.83. The van der Waals surface area contributed by atoms with Gasteiger partial charge in [-0.15, -0.1) is 0 Å². The van der Waals surface area contributed by atoms with Crippen LogP contribution in [0.3, 0.4) is 0 Å². The van der Waals surface area contributed by atoms with E-state index in [-0.39, 0.29) is 0 Å². The Kier molecular flexibility index (Phi) is 3.05. The van der Waals surface area contributed by atoms with E-state index in [9.17, 15) is 0 Å². The van der Waals surface area contributed by atoms with Crippen molar-refractivity contribution < 1.29 is 0 Å². The second-order valence-corrected chi connectivity index (χ2v) is 4.41. The largest absolute Gasteiger partial charge is 0.313 e. The Morgan fingerprint density at radius 2 is 2.23 bits per heavy atom. The summed E-state index contributed by atoms with van der Waals surface area (Å²) in [6.45, 7) is 4.75. The van der Waals surface area contributed by atoms with Gasteiger partial charge in [-0.25, -0.2) is 0 Å². The van der Waals surface area contributed by atoms with Crippen LogP contribution in [-0.4, -0.2) is 13.1 Å². The van der Waals surface area contributed by atoms with Crippen LogP contribution in [0.4, 0.5) is 0 Å². The lowest BCUT2D eigenvalue weighted by Crippen LogP contribution is -2.13. The molecule has 1 N–H and O–H groups in total. The summed E-state index contributed by atoms with van der Waals surface area (Å²) in [7, 11) is 0. The molecule has 0 spiro atoms. The van der Waals surface area contributed by atoms with Crippen LogP contribution in [0.25, 0.3) is 0 Å². The zero-order valence-corrected chi connectivity index (χ0v) is 8.73. The maximum Gasteiger partial charge on any atom is 0.0168 e. The molecule has 0 bridgehead atoms. The molecule has 2 rings (SSSR count). The molecule has 1 saturated carbocycles. The second-order valence-electron chi connectivity index (χ2n) is 4.41. The topological polar surface area (TPSA) is 12.0 Å². The fourth-order valence-corrected chi connectivity index (χ4v) is 2.84. The summed E-state index contributed by atoms with van der Waals surface area (Å²) < 4.78 is 0. The van der Waals surface area contributed by atoms with Gasteiger partial charge in [0.1, 0.15) is 0 Å². The second kappa shape index (κ2) is 4.28. The summed E-state index contributed by atoms with van der Waals surface area (Å²) >= 11 is 0. The number of allylic oxidation sites excluding steroid dienone is 1. The molecule has 74 valence electrons. The van der Waals surface area contributed by atoms with Crippen molar-refractivity contribution in [1.29, 1.82) is 0 Å². The number of hydrogen-bond donors (Lipinski definition) is 1. The molecule has 1 atom stereocenters. The standard InChI is InChI=1S/C12H21N/c1-2-10-5-3-4-6-12(10)11-7-8-13-9-11/h10,13H,2-9H2,1H3. The SMILES string of the molecule is CCC1CCCCC1=C1CCNC1. The van der Waals surface area contributed by atoms with Gasteiger partial charge < -0.3 is 5.32 Å². The van der Waals surface area contributed by atoms with Gasteiger partial charge in [0.05, 0.1) is 0 Å². The third kappa shape index (κ3) is 1.96. The minimum Gasteiger partial charge on any atom is -0.313 e. The van der Waals surface area contributed by atoms with Gasteiger partial charge in [-0.3, -0.25) is 0 Å². The van der Waals surface area contributed by atoms with Crippen molar-refractivity contribution in [1.82, 2.24) is 5.32 Å². The Balaban J connectivity index is 2.12. The molecular formula is C12H21N. The van der Waals surface area contributed by atoms with Gasteiger partial charge in [0.15, 0.2) is 0 Å². The average Bonchev–Trinajstić information content (AvgIpc) is 2.70. The first-order valence-corrected chi connectivity index (χ1v) is 5.83. The summed E-state index contributed by atoms with van der Waals surface area (Å²) in [4.78, 5) is 0. The van der Waals surface area contributed by atoms with Crippen LogP contribution < -0.4 is 5.32 Å². The monoisotopic (exact) mass is 179 g/mol. The molecule has 1 nitrogen and oxygen atoms in total. The molecule has 1 aliphatic heterocycles. The average molecular weight is 179 g/mol. The molecule has 1 heterocycles. The fourth-order valence-electron chi connectivity index (χ4n) is 2.84. The Bertz CT molecular complexity index is 197. The van der Waals surface area contributed by atoms with Crippen LogP contribution in [0.2, 0.25) is 0 Å². The van der Waals surface area contributed by atoms with E-state index >= 15 is 0 Å². The number of rotatable bonds is 1. The minimum absolute atomic E-state index is 0.934. The summed E-state index contributed by atoms with van der Waals surface area (Å²) in [5, 5.41) is 3.46. The van der Waals surface area contributed by atoms with Gasteiger partial charge >= 0.3 is 0 Å². The molecule has 0 aromatic carbocycles. The van der Waals surface area contributed by atoms with Crippen molar-refractivity contribution >= 4 is 0 Å². The summed E-state index contributed by atoms with van der Waals surface area (Å²) in [6.07, 6.45) is 8.44. The van der Waals surface area contributed by atoms with Crippen LogP contribution in [0.15, 0.2) is 11.1 Å². The lowest BCUT2D eigenvalue weighted by molar-refractivity contribution is 0.437. The molecule has 0 amide bonds. The van der Waals surface area contributed by atoms with Crippen LogP contribution >= 0.6 is 0 Å². The molecule has 13 heavy (non-hydrogen) atoms. The zero-order chi connectivity index (χ0) is 9.10. The van der Waals surface area contributed by atoms with Crippen molar-refractivity contribution in [3.05, 3.63) is 11.1 Å². The van der Waals surface area contributed by atoms with Crippen molar-refractivity contribution in [2.24, 2.45) is 5.92 Å². The lowest BCUT2D eigenvalue weighted by Gasteiger charge is -2.26. The van der Waals surface area contributed by atoms with Crippen LogP contribution in [0.5, 0.6) is 0 Å². The van der Waals surface area contributed by atoms with E-state index in [0.29, 0.717) is 0 Å². The molecule has 0 aromatic heterocycles. The van der Waals surface area contributed by atoms with Gasteiger partial charge in [0.2, 0.25) is 0 Å². The lowest BCUT2D eigenvalue weighted by atomic mass is 9.80. The highest BCUT2D eigenvalue weighted by atomic mass is 14.9. The molecule has 2 fully saturated rings. The highest BCUT2D eigenvalue weighted by Crippen LogP contribution is 2.35. The third-order valence-corrected chi connectivity index (χ3v) is 3.63. The van der Waals surface area contributed by atoms with Gasteiger partial charge in [-0.2, -0.15) is 0 Å². The highest BCUT2D eigenvalue weighted by Gasteiger charge is 2.21. The molecule has 1 heteroatoms. The van der Waals surface area contributed by atoms with E-state index in [1.807, 2.05) is 5.57 Å². The smallest absolute Gasteiger partial charge is 0.0168 e. The van der Waals surface area contributed by atoms with Crippen LogP contribution in [0, 0.1) is 5.92 Å². The summed E-state index contributed by atoms with van der Waals surface area (Å²) in [5.41, 5.74) is 3.59. The molecule has 0 aromatic rings. The van der Waals surface area contributed by atoms with E-state index in [0.717, 1.165) is 5.92 Å². The first kappa shape index (κ1) is 9.26.